The van der Waals surface area contributed by atoms with E-state index in [1.54, 1.807) is 21.9 Å². The third-order valence-corrected chi connectivity index (χ3v) is 7.65. The summed E-state index contributed by atoms with van der Waals surface area (Å²) in [6.07, 6.45) is 2.61. The first-order valence-corrected chi connectivity index (χ1v) is 13.5. The van der Waals surface area contributed by atoms with Crippen molar-refractivity contribution in [1.82, 2.24) is 14.8 Å². The third kappa shape index (κ3) is 6.35. The van der Waals surface area contributed by atoms with Gasteiger partial charge in [-0.2, -0.15) is 0 Å². The van der Waals surface area contributed by atoms with Crippen molar-refractivity contribution in [3.05, 3.63) is 45.6 Å². The van der Waals surface area contributed by atoms with Crippen LogP contribution in [0.25, 0.3) is 0 Å². The number of pyridine rings is 1. The van der Waals surface area contributed by atoms with E-state index in [0.717, 1.165) is 12.8 Å². The van der Waals surface area contributed by atoms with Gasteiger partial charge >= 0.3 is 6.09 Å². The maximum Gasteiger partial charge on any atom is 0.410 e. The Morgan fingerprint density at radius 1 is 1.05 bits per heavy atom. The normalized spacial score (nSPS) is 17.1. The van der Waals surface area contributed by atoms with E-state index in [1.807, 2.05) is 20.8 Å². The van der Waals surface area contributed by atoms with Crippen molar-refractivity contribution in [2.75, 3.05) is 33.3 Å². The third-order valence-electron chi connectivity index (χ3n) is 6.97. The van der Waals surface area contributed by atoms with Gasteiger partial charge < -0.3 is 24.0 Å². The summed E-state index contributed by atoms with van der Waals surface area (Å²) < 4.78 is 31.3. The molecule has 2 amide bonds. The van der Waals surface area contributed by atoms with Crippen LogP contribution in [0.3, 0.4) is 0 Å². The van der Waals surface area contributed by atoms with Crippen LogP contribution in [0, 0.1) is 5.41 Å². The lowest BCUT2D eigenvalue weighted by Crippen LogP contribution is -2.62. The number of hydrogen-bond acceptors (Lipinski definition) is 6. The average Bonchev–Trinajstić information content (AvgIpc) is 2.83. The molecule has 39 heavy (non-hydrogen) atoms. The summed E-state index contributed by atoms with van der Waals surface area (Å²) >= 11 is 13.0. The number of piperidine rings is 1. The maximum atomic E-state index is 14.7. The number of likely N-dealkylation sites (tertiary alicyclic amines) is 2. The number of alkyl halides is 1. The number of aromatic nitrogens is 1. The van der Waals surface area contributed by atoms with E-state index in [2.05, 4.69) is 4.98 Å². The fourth-order valence-electron chi connectivity index (χ4n) is 4.88. The van der Waals surface area contributed by atoms with E-state index in [1.165, 1.54) is 33.2 Å². The monoisotopic (exact) mass is 581 g/mol. The highest BCUT2D eigenvalue weighted by molar-refractivity contribution is 6.39. The van der Waals surface area contributed by atoms with Gasteiger partial charge in [-0.15, -0.1) is 0 Å². The second-order valence-corrected chi connectivity index (χ2v) is 12.5. The largest absolute Gasteiger partial charge is 0.481 e. The number of ether oxygens (including phenoxy) is 3. The molecule has 3 heterocycles. The fourth-order valence-corrected chi connectivity index (χ4v) is 5.40. The summed E-state index contributed by atoms with van der Waals surface area (Å²) in [5.41, 5.74) is -1.82. The van der Waals surface area contributed by atoms with Gasteiger partial charge in [-0.3, -0.25) is 4.79 Å². The molecule has 1 spiro atoms. The second-order valence-electron chi connectivity index (χ2n) is 11.7. The fraction of sp³-hybridized carbons (Fsp3) is 0.536. The minimum atomic E-state index is -1.74. The molecule has 0 radical (unpaired) electrons. The topological polar surface area (TPSA) is 81.2 Å². The number of carbonyl (C=O) groups excluding carboxylic acids is 2. The van der Waals surface area contributed by atoms with E-state index in [0.29, 0.717) is 26.2 Å². The molecule has 11 heteroatoms. The standard InChI is InChI=1S/C28H34Cl2FN3O5/c1-26(2,3)39-25(36)34-15-28(16-34)9-11-33(12-10-28)24(35)18-7-8-20(29)22(21(18)30)38-17-13-19(27(4,5)31)23(37-6)32-14-17/h7-8,13-14H,9-12,15-16H2,1-6H3. The van der Waals surface area contributed by atoms with Crippen LogP contribution in [-0.4, -0.2) is 65.7 Å². The van der Waals surface area contributed by atoms with Gasteiger partial charge in [0, 0.05) is 31.6 Å². The Kier molecular flexibility index (Phi) is 7.98. The minimum absolute atomic E-state index is 0.00494. The lowest BCUT2D eigenvalue weighted by Gasteiger charge is -2.53. The molecular weight excluding hydrogens is 548 g/mol. The van der Waals surface area contributed by atoms with Gasteiger partial charge in [0.1, 0.15) is 17.0 Å². The number of nitrogens with zero attached hydrogens (tertiary/aromatic N) is 3. The molecule has 0 N–H and O–H groups in total. The molecule has 0 saturated carbocycles. The van der Waals surface area contributed by atoms with Gasteiger partial charge in [-0.05, 0) is 65.7 Å². The number of methoxy groups -OCH3 is 1. The van der Waals surface area contributed by atoms with Gasteiger partial charge in [-0.25, -0.2) is 14.2 Å². The Balaban J connectivity index is 1.44. The number of amides is 2. The predicted molar refractivity (Wildman–Crippen MR) is 147 cm³/mol. The van der Waals surface area contributed by atoms with E-state index in [-0.39, 0.29) is 56.0 Å². The molecular formula is C28H34Cl2FN3O5. The molecule has 0 atom stereocenters. The molecule has 1 aromatic carbocycles. The molecule has 2 saturated heterocycles. The number of halogens is 3. The molecule has 8 nitrogen and oxygen atoms in total. The van der Waals surface area contributed by atoms with Crippen LogP contribution >= 0.6 is 23.2 Å². The van der Waals surface area contributed by atoms with Crippen LogP contribution in [0.5, 0.6) is 17.4 Å². The van der Waals surface area contributed by atoms with Gasteiger partial charge in [0.15, 0.2) is 5.75 Å². The molecule has 0 bridgehead atoms. The molecule has 0 aliphatic carbocycles. The van der Waals surface area contributed by atoms with E-state index in [9.17, 15) is 14.0 Å². The van der Waals surface area contributed by atoms with Crippen molar-refractivity contribution in [3.63, 3.8) is 0 Å². The molecule has 1 aromatic heterocycles. The lowest BCUT2D eigenvalue weighted by atomic mass is 9.72. The summed E-state index contributed by atoms with van der Waals surface area (Å²) in [7, 11) is 1.41. The van der Waals surface area contributed by atoms with Crippen LogP contribution in [0.1, 0.15) is 63.4 Å². The van der Waals surface area contributed by atoms with Crippen molar-refractivity contribution in [2.24, 2.45) is 5.41 Å². The van der Waals surface area contributed by atoms with E-state index < -0.39 is 11.3 Å². The van der Waals surface area contributed by atoms with Gasteiger partial charge in [0.05, 0.1) is 34.5 Å². The van der Waals surface area contributed by atoms with Crippen molar-refractivity contribution >= 4 is 35.2 Å². The highest BCUT2D eigenvalue weighted by Gasteiger charge is 2.48. The highest BCUT2D eigenvalue weighted by Crippen LogP contribution is 2.43. The lowest BCUT2D eigenvalue weighted by molar-refractivity contribution is -0.0563. The van der Waals surface area contributed by atoms with E-state index in [4.69, 9.17) is 37.4 Å². The highest BCUT2D eigenvalue weighted by atomic mass is 35.5. The number of hydrogen-bond donors (Lipinski definition) is 0. The quantitative estimate of drug-likeness (QED) is 0.383. The number of rotatable bonds is 5. The Morgan fingerprint density at radius 3 is 2.26 bits per heavy atom. The van der Waals surface area contributed by atoms with Crippen LogP contribution in [0.2, 0.25) is 10.0 Å². The Morgan fingerprint density at radius 2 is 1.69 bits per heavy atom. The summed E-state index contributed by atoms with van der Waals surface area (Å²) in [5, 5.41) is 0.257. The number of benzene rings is 1. The van der Waals surface area contributed by atoms with Crippen LogP contribution in [0.4, 0.5) is 9.18 Å². The number of carbonyl (C=O) groups is 2. The summed E-state index contributed by atoms with van der Waals surface area (Å²) in [5.74, 6) is 0.182. The summed E-state index contributed by atoms with van der Waals surface area (Å²) in [6.45, 7) is 10.6. The molecule has 212 valence electrons. The first-order chi connectivity index (χ1) is 18.1. The predicted octanol–water partition coefficient (Wildman–Crippen LogP) is 6.87. The molecule has 2 aromatic rings. The summed E-state index contributed by atoms with van der Waals surface area (Å²) in [6, 6.07) is 4.58. The average molecular weight is 583 g/mol. The minimum Gasteiger partial charge on any atom is -0.481 e. The smallest absolute Gasteiger partial charge is 0.410 e. The van der Waals surface area contributed by atoms with Gasteiger partial charge in [0.2, 0.25) is 5.88 Å². The van der Waals surface area contributed by atoms with Crippen LogP contribution < -0.4 is 9.47 Å². The van der Waals surface area contributed by atoms with Crippen LogP contribution in [-0.2, 0) is 10.4 Å². The first kappa shape index (κ1) is 29.2. The SMILES string of the molecule is COc1ncc(Oc2c(Cl)ccc(C(=O)N3CCC4(CC3)CN(C(=O)OC(C)(C)C)C4)c2Cl)cc1C(C)(C)F. The van der Waals surface area contributed by atoms with Crippen LogP contribution in [0.15, 0.2) is 24.4 Å². The second kappa shape index (κ2) is 10.7. The van der Waals surface area contributed by atoms with Crippen molar-refractivity contribution in [3.8, 4) is 17.4 Å². The van der Waals surface area contributed by atoms with Crippen molar-refractivity contribution in [1.29, 1.82) is 0 Å². The zero-order chi connectivity index (χ0) is 28.8. The van der Waals surface area contributed by atoms with Gasteiger partial charge in [-0.1, -0.05) is 23.2 Å². The van der Waals surface area contributed by atoms with Crippen molar-refractivity contribution in [2.45, 2.75) is 58.7 Å². The molecule has 2 aliphatic rings. The zero-order valence-electron chi connectivity index (χ0n) is 23.1. The molecule has 2 aliphatic heterocycles. The summed E-state index contributed by atoms with van der Waals surface area (Å²) in [4.78, 5) is 33.4. The molecule has 2 fully saturated rings. The Labute approximate surface area is 238 Å². The maximum absolute atomic E-state index is 14.7. The van der Waals surface area contributed by atoms with Gasteiger partial charge in [0.25, 0.3) is 5.91 Å². The first-order valence-electron chi connectivity index (χ1n) is 12.8. The van der Waals surface area contributed by atoms with Crippen molar-refractivity contribution < 1.29 is 28.2 Å². The Hall–Kier alpha value is -2.78. The molecule has 4 rings (SSSR count). The zero-order valence-corrected chi connectivity index (χ0v) is 24.6. The Bertz CT molecular complexity index is 1260. The van der Waals surface area contributed by atoms with E-state index >= 15 is 0 Å². The molecule has 0 unspecified atom stereocenters.